The fraction of sp³-hybridized carbons (Fsp3) is 0.458. The average Bonchev–Trinajstić information content (AvgIpc) is 3.50. The van der Waals surface area contributed by atoms with Gasteiger partial charge >= 0.3 is 0 Å². The van der Waals surface area contributed by atoms with Crippen LogP contribution in [0.4, 0.5) is 0 Å². The Kier molecular flexibility index (Phi) is 8.36. The number of halogens is 1. The molecule has 2 aliphatic rings. The smallest absolute Gasteiger partial charge is 0.191 e. The molecule has 0 amide bonds. The third-order valence-corrected chi connectivity index (χ3v) is 6.04. The van der Waals surface area contributed by atoms with E-state index in [9.17, 15) is 0 Å². The molecule has 4 nitrogen and oxygen atoms in total. The lowest BCUT2D eigenvalue weighted by Crippen LogP contribution is -2.42. The maximum atomic E-state index is 4.46. The summed E-state index contributed by atoms with van der Waals surface area (Å²) >= 11 is 0. The number of aliphatic imine (C=N–C) groups is 1. The second-order valence-electron chi connectivity index (χ2n) is 8.09. The number of hydrogen-bond donors (Lipinski definition) is 2. The summed E-state index contributed by atoms with van der Waals surface area (Å²) in [6.45, 7) is 4.34. The summed E-state index contributed by atoms with van der Waals surface area (Å²) < 4.78 is 0. The third-order valence-electron chi connectivity index (χ3n) is 6.04. The van der Waals surface area contributed by atoms with E-state index < -0.39 is 0 Å². The lowest BCUT2D eigenvalue weighted by atomic mass is 9.91. The highest BCUT2D eigenvalue weighted by Crippen LogP contribution is 2.31. The van der Waals surface area contributed by atoms with Gasteiger partial charge in [-0.15, -0.1) is 24.0 Å². The molecule has 156 valence electrons. The predicted molar refractivity (Wildman–Crippen MR) is 132 cm³/mol. The lowest BCUT2D eigenvalue weighted by Gasteiger charge is -2.21. The standard InChI is InChI=1S/C24H32N4.HI/c1-25-24(26-16-19-14-15-28(18-19)22-12-13-22)27-17-23(20-8-4-2-5-9-20)21-10-6-3-7-11-21;/h2-11,19,22-23H,12-18H2,1H3,(H2,25,26,27);1H. The van der Waals surface area contributed by atoms with Crippen molar-refractivity contribution >= 4 is 29.9 Å². The van der Waals surface area contributed by atoms with Crippen LogP contribution in [0.25, 0.3) is 0 Å². The van der Waals surface area contributed by atoms with Crippen LogP contribution in [-0.2, 0) is 0 Å². The van der Waals surface area contributed by atoms with Crippen molar-refractivity contribution in [2.75, 3.05) is 33.2 Å². The Morgan fingerprint density at radius 2 is 1.59 bits per heavy atom. The molecular weight excluding hydrogens is 471 g/mol. The Balaban J connectivity index is 0.00000240. The Hall–Kier alpha value is -1.60. The van der Waals surface area contributed by atoms with E-state index in [2.05, 4.69) is 81.2 Å². The number of nitrogens with one attached hydrogen (secondary N) is 2. The van der Waals surface area contributed by atoms with E-state index in [4.69, 9.17) is 0 Å². The van der Waals surface area contributed by atoms with Crippen molar-refractivity contribution in [3.63, 3.8) is 0 Å². The van der Waals surface area contributed by atoms with Gasteiger partial charge in [-0.25, -0.2) is 0 Å². The number of guanidine groups is 1. The minimum atomic E-state index is 0. The summed E-state index contributed by atoms with van der Waals surface area (Å²) in [5.41, 5.74) is 2.65. The first kappa shape index (κ1) is 22.1. The minimum Gasteiger partial charge on any atom is -0.356 e. The van der Waals surface area contributed by atoms with E-state index in [1.165, 1.54) is 43.5 Å². The maximum Gasteiger partial charge on any atom is 0.191 e. The molecule has 1 saturated heterocycles. The van der Waals surface area contributed by atoms with Gasteiger partial charge in [0, 0.05) is 38.6 Å². The van der Waals surface area contributed by atoms with Gasteiger partial charge in [-0.1, -0.05) is 60.7 Å². The van der Waals surface area contributed by atoms with Gasteiger partial charge in [0.05, 0.1) is 0 Å². The van der Waals surface area contributed by atoms with E-state index in [-0.39, 0.29) is 24.0 Å². The number of likely N-dealkylation sites (tertiary alicyclic amines) is 1. The Morgan fingerprint density at radius 3 is 2.14 bits per heavy atom. The molecule has 1 aliphatic carbocycles. The monoisotopic (exact) mass is 504 g/mol. The van der Waals surface area contributed by atoms with E-state index >= 15 is 0 Å². The fourth-order valence-corrected chi connectivity index (χ4v) is 4.26. The van der Waals surface area contributed by atoms with Crippen LogP contribution in [0.2, 0.25) is 0 Å². The SMILES string of the molecule is CN=C(NCC1CCN(C2CC2)C1)NCC(c1ccccc1)c1ccccc1.I. The molecular formula is C24H33IN4. The first-order valence-electron chi connectivity index (χ1n) is 10.6. The van der Waals surface area contributed by atoms with Crippen molar-refractivity contribution in [2.45, 2.75) is 31.2 Å². The molecule has 0 aromatic heterocycles. The summed E-state index contributed by atoms with van der Waals surface area (Å²) in [7, 11) is 1.86. The van der Waals surface area contributed by atoms with Gasteiger partial charge in [0.25, 0.3) is 0 Å². The quantitative estimate of drug-likeness (QED) is 0.339. The first-order valence-corrected chi connectivity index (χ1v) is 10.6. The predicted octanol–water partition coefficient (Wildman–Crippen LogP) is 4.09. The number of rotatable bonds is 7. The fourth-order valence-electron chi connectivity index (χ4n) is 4.26. The topological polar surface area (TPSA) is 39.7 Å². The van der Waals surface area contributed by atoms with E-state index in [1.54, 1.807) is 0 Å². The van der Waals surface area contributed by atoms with Crippen molar-refractivity contribution in [2.24, 2.45) is 10.9 Å². The van der Waals surface area contributed by atoms with Crippen molar-refractivity contribution < 1.29 is 0 Å². The van der Waals surface area contributed by atoms with Crippen LogP contribution in [-0.4, -0.2) is 50.1 Å². The van der Waals surface area contributed by atoms with Gasteiger partial charge in [-0.05, 0) is 42.9 Å². The maximum absolute atomic E-state index is 4.46. The van der Waals surface area contributed by atoms with Gasteiger partial charge in [-0.2, -0.15) is 0 Å². The van der Waals surface area contributed by atoms with Crippen LogP contribution in [0.5, 0.6) is 0 Å². The van der Waals surface area contributed by atoms with Crippen LogP contribution in [0.15, 0.2) is 65.7 Å². The van der Waals surface area contributed by atoms with Crippen molar-refractivity contribution in [3.05, 3.63) is 71.8 Å². The van der Waals surface area contributed by atoms with Crippen LogP contribution in [0.1, 0.15) is 36.3 Å². The highest BCUT2D eigenvalue weighted by Gasteiger charge is 2.34. The molecule has 29 heavy (non-hydrogen) atoms. The van der Waals surface area contributed by atoms with E-state index in [0.29, 0.717) is 5.92 Å². The van der Waals surface area contributed by atoms with Crippen LogP contribution in [0.3, 0.4) is 0 Å². The highest BCUT2D eigenvalue weighted by atomic mass is 127. The second kappa shape index (κ2) is 11.0. The lowest BCUT2D eigenvalue weighted by molar-refractivity contribution is 0.314. The summed E-state index contributed by atoms with van der Waals surface area (Å²) in [4.78, 5) is 7.13. The molecule has 1 atom stereocenters. The van der Waals surface area contributed by atoms with Gasteiger partial charge in [0.1, 0.15) is 0 Å². The Labute approximate surface area is 192 Å². The molecule has 0 spiro atoms. The molecule has 2 fully saturated rings. The molecule has 1 unspecified atom stereocenters. The van der Waals surface area contributed by atoms with Crippen LogP contribution < -0.4 is 10.6 Å². The summed E-state index contributed by atoms with van der Waals surface area (Å²) in [5.74, 6) is 1.94. The Morgan fingerprint density at radius 1 is 0.966 bits per heavy atom. The summed E-state index contributed by atoms with van der Waals surface area (Å²) in [6, 6.07) is 22.3. The summed E-state index contributed by atoms with van der Waals surface area (Å²) in [5, 5.41) is 7.12. The van der Waals surface area contributed by atoms with Crippen LogP contribution in [0, 0.1) is 5.92 Å². The van der Waals surface area contributed by atoms with Crippen molar-refractivity contribution in [1.82, 2.24) is 15.5 Å². The minimum absolute atomic E-state index is 0. The van der Waals surface area contributed by atoms with E-state index in [1.807, 2.05) is 7.05 Å². The van der Waals surface area contributed by atoms with Crippen molar-refractivity contribution in [1.29, 1.82) is 0 Å². The molecule has 1 aliphatic heterocycles. The molecule has 1 saturated carbocycles. The molecule has 2 aromatic carbocycles. The summed E-state index contributed by atoms with van der Waals surface area (Å²) in [6.07, 6.45) is 4.12. The average molecular weight is 504 g/mol. The third kappa shape index (κ3) is 6.19. The molecule has 5 heteroatoms. The molecule has 2 N–H and O–H groups in total. The van der Waals surface area contributed by atoms with Crippen LogP contribution >= 0.6 is 24.0 Å². The zero-order valence-corrected chi connectivity index (χ0v) is 19.6. The molecule has 2 aromatic rings. The van der Waals surface area contributed by atoms with Gasteiger partial charge in [0.2, 0.25) is 0 Å². The van der Waals surface area contributed by atoms with Gasteiger partial charge in [0.15, 0.2) is 5.96 Å². The molecule has 0 radical (unpaired) electrons. The van der Waals surface area contributed by atoms with Gasteiger partial charge in [-0.3, -0.25) is 4.99 Å². The number of benzene rings is 2. The second-order valence-corrected chi connectivity index (χ2v) is 8.09. The normalized spacial score (nSPS) is 19.8. The van der Waals surface area contributed by atoms with Gasteiger partial charge < -0.3 is 15.5 Å². The highest BCUT2D eigenvalue weighted by molar-refractivity contribution is 14.0. The molecule has 4 rings (SSSR count). The first-order chi connectivity index (χ1) is 13.8. The largest absolute Gasteiger partial charge is 0.356 e. The van der Waals surface area contributed by atoms with Crippen molar-refractivity contribution in [3.8, 4) is 0 Å². The Bertz CT molecular complexity index is 721. The number of hydrogen-bond acceptors (Lipinski definition) is 2. The van der Waals surface area contributed by atoms with E-state index in [0.717, 1.165) is 31.0 Å². The zero-order valence-electron chi connectivity index (χ0n) is 17.3. The zero-order chi connectivity index (χ0) is 19.2. The molecule has 0 bridgehead atoms. The molecule has 1 heterocycles. The number of nitrogens with zero attached hydrogens (tertiary/aromatic N) is 2.